The quantitative estimate of drug-likeness (QED) is 0.384. The molecule has 1 aliphatic heterocycles. The molecule has 3 N–H and O–H groups in total. The number of hydrogen-bond donors (Lipinski definition) is 2. The van der Waals surface area contributed by atoms with Crippen LogP contribution in [0.3, 0.4) is 0 Å². The molecule has 0 amide bonds. The van der Waals surface area contributed by atoms with Gasteiger partial charge in [-0.3, -0.25) is 4.90 Å². The zero-order chi connectivity index (χ0) is 16.4. The molecule has 23 heavy (non-hydrogen) atoms. The molecule has 0 saturated heterocycles. The van der Waals surface area contributed by atoms with Gasteiger partial charge in [0.05, 0.1) is 12.2 Å². The first-order valence-corrected chi connectivity index (χ1v) is 8.25. The normalized spacial score (nSPS) is 22.0. The summed E-state index contributed by atoms with van der Waals surface area (Å²) in [5, 5.41) is 6.72. The van der Waals surface area contributed by atoms with Crippen LogP contribution in [0.5, 0.6) is 0 Å². The minimum Gasteiger partial charge on any atom is -0.357 e. The van der Waals surface area contributed by atoms with E-state index in [2.05, 4.69) is 33.8 Å². The van der Waals surface area contributed by atoms with Crippen molar-refractivity contribution >= 4 is 23.8 Å². The average molecular weight is 315 g/mol. The van der Waals surface area contributed by atoms with Crippen LogP contribution >= 0.6 is 0 Å². The van der Waals surface area contributed by atoms with Gasteiger partial charge in [-0.05, 0) is 19.3 Å². The largest absolute Gasteiger partial charge is 0.357 e. The summed E-state index contributed by atoms with van der Waals surface area (Å²) in [5.41, 5.74) is 1.86. The number of nitrogens with two attached hydrogens (primary N) is 1. The predicted octanol–water partition coefficient (Wildman–Crippen LogP) is 2.28. The van der Waals surface area contributed by atoms with Crippen LogP contribution < -0.4 is 21.0 Å². The fourth-order valence-corrected chi connectivity index (χ4v) is 3.72. The molecule has 1 aliphatic carbocycles. The molecule has 1 atom stereocenters. The van der Waals surface area contributed by atoms with Crippen molar-refractivity contribution in [2.75, 3.05) is 22.2 Å². The number of nitrogens with one attached hydrogen (secondary N) is 1. The summed E-state index contributed by atoms with van der Waals surface area (Å²) in [6, 6.07) is 0.704. The highest BCUT2D eigenvalue weighted by atomic mass is 15.4. The lowest BCUT2D eigenvalue weighted by Crippen LogP contribution is -2.51. The van der Waals surface area contributed by atoms with Crippen molar-refractivity contribution in [3.63, 3.8) is 0 Å². The van der Waals surface area contributed by atoms with Crippen LogP contribution in [-0.4, -0.2) is 35.4 Å². The SMILES string of the molecule is C=C1[C@@H](CC)N(C2CCCC2)c2nc(NC)ncc2N1/C=N\N. The Morgan fingerprint density at radius 1 is 1.48 bits per heavy atom. The van der Waals surface area contributed by atoms with Crippen LogP contribution in [0.25, 0.3) is 0 Å². The van der Waals surface area contributed by atoms with E-state index in [1.165, 1.54) is 25.7 Å². The van der Waals surface area contributed by atoms with Gasteiger partial charge in [0.15, 0.2) is 5.82 Å². The third-order valence-electron chi connectivity index (χ3n) is 4.79. The van der Waals surface area contributed by atoms with Crippen LogP contribution in [0.2, 0.25) is 0 Å². The molecule has 0 aromatic carbocycles. The highest BCUT2D eigenvalue weighted by Crippen LogP contribution is 2.42. The summed E-state index contributed by atoms with van der Waals surface area (Å²) < 4.78 is 0. The lowest BCUT2D eigenvalue weighted by atomic mass is 10.0. The van der Waals surface area contributed by atoms with E-state index in [-0.39, 0.29) is 6.04 Å². The van der Waals surface area contributed by atoms with E-state index in [1.54, 1.807) is 6.34 Å². The van der Waals surface area contributed by atoms with E-state index >= 15 is 0 Å². The molecule has 3 rings (SSSR count). The summed E-state index contributed by atoms with van der Waals surface area (Å²) in [6.45, 7) is 6.48. The summed E-state index contributed by atoms with van der Waals surface area (Å²) >= 11 is 0. The average Bonchev–Trinajstić information content (AvgIpc) is 3.10. The zero-order valence-corrected chi connectivity index (χ0v) is 13.9. The van der Waals surface area contributed by atoms with E-state index in [9.17, 15) is 0 Å². The second-order valence-corrected chi connectivity index (χ2v) is 6.05. The van der Waals surface area contributed by atoms with Gasteiger partial charge >= 0.3 is 0 Å². The van der Waals surface area contributed by atoms with Crippen LogP contribution in [0.1, 0.15) is 39.0 Å². The number of anilines is 3. The van der Waals surface area contributed by atoms with Gasteiger partial charge in [-0.25, -0.2) is 4.98 Å². The summed E-state index contributed by atoms with van der Waals surface area (Å²) in [7, 11) is 1.83. The molecule has 7 nitrogen and oxygen atoms in total. The Labute approximate surface area is 137 Å². The van der Waals surface area contributed by atoms with Crippen molar-refractivity contribution in [1.82, 2.24) is 9.97 Å². The van der Waals surface area contributed by atoms with Crippen LogP contribution in [-0.2, 0) is 0 Å². The summed E-state index contributed by atoms with van der Waals surface area (Å²) in [4.78, 5) is 13.4. The number of rotatable bonds is 4. The summed E-state index contributed by atoms with van der Waals surface area (Å²) in [5.74, 6) is 6.96. The zero-order valence-electron chi connectivity index (χ0n) is 13.9. The number of fused-ring (bicyclic) bond motifs is 1. The maximum atomic E-state index is 5.40. The monoisotopic (exact) mass is 315 g/mol. The molecule has 2 heterocycles. The number of hydrazone groups is 1. The maximum absolute atomic E-state index is 5.40. The number of nitrogens with zero attached hydrogens (tertiary/aromatic N) is 5. The van der Waals surface area contributed by atoms with Crippen molar-refractivity contribution in [3.05, 3.63) is 18.5 Å². The molecular weight excluding hydrogens is 290 g/mol. The molecule has 1 aromatic rings. The van der Waals surface area contributed by atoms with E-state index in [0.717, 1.165) is 23.6 Å². The van der Waals surface area contributed by atoms with E-state index in [1.807, 2.05) is 18.1 Å². The van der Waals surface area contributed by atoms with Crippen molar-refractivity contribution in [3.8, 4) is 0 Å². The van der Waals surface area contributed by atoms with Crippen LogP contribution in [0.15, 0.2) is 23.6 Å². The maximum Gasteiger partial charge on any atom is 0.224 e. The van der Waals surface area contributed by atoms with E-state index in [0.29, 0.717) is 12.0 Å². The Balaban J connectivity index is 2.13. The molecule has 0 unspecified atom stereocenters. The minimum atomic E-state index is 0.197. The molecular formula is C16H25N7. The molecule has 1 fully saturated rings. The molecule has 1 saturated carbocycles. The fourth-order valence-electron chi connectivity index (χ4n) is 3.72. The van der Waals surface area contributed by atoms with Gasteiger partial charge in [-0.2, -0.15) is 10.1 Å². The third-order valence-corrected chi connectivity index (χ3v) is 4.79. The second kappa shape index (κ2) is 6.44. The van der Waals surface area contributed by atoms with Crippen molar-refractivity contribution in [1.29, 1.82) is 0 Å². The second-order valence-electron chi connectivity index (χ2n) is 6.05. The first-order valence-electron chi connectivity index (χ1n) is 8.25. The Morgan fingerprint density at radius 2 is 2.22 bits per heavy atom. The van der Waals surface area contributed by atoms with Gasteiger partial charge in [0, 0.05) is 18.8 Å². The smallest absolute Gasteiger partial charge is 0.224 e. The first-order chi connectivity index (χ1) is 11.2. The van der Waals surface area contributed by atoms with E-state index < -0.39 is 0 Å². The van der Waals surface area contributed by atoms with Crippen LogP contribution in [0, 0.1) is 0 Å². The molecule has 0 spiro atoms. The predicted molar refractivity (Wildman–Crippen MR) is 94.7 cm³/mol. The van der Waals surface area contributed by atoms with Crippen LogP contribution in [0.4, 0.5) is 17.5 Å². The first kappa shape index (κ1) is 15.6. The fraction of sp³-hybridized carbons (Fsp3) is 0.562. The van der Waals surface area contributed by atoms with Gasteiger partial charge < -0.3 is 16.1 Å². The van der Waals surface area contributed by atoms with Gasteiger partial charge in [0.25, 0.3) is 0 Å². The highest BCUT2D eigenvalue weighted by molar-refractivity contribution is 5.91. The topological polar surface area (TPSA) is 82.7 Å². The summed E-state index contributed by atoms with van der Waals surface area (Å²) in [6.07, 6.45) is 9.32. The molecule has 124 valence electrons. The Morgan fingerprint density at radius 3 is 2.83 bits per heavy atom. The van der Waals surface area contributed by atoms with Gasteiger partial charge in [0.1, 0.15) is 12.0 Å². The lowest BCUT2D eigenvalue weighted by molar-refractivity contribution is 0.517. The number of aromatic nitrogens is 2. The van der Waals surface area contributed by atoms with Gasteiger partial charge in [0.2, 0.25) is 5.95 Å². The molecule has 2 aliphatic rings. The highest BCUT2D eigenvalue weighted by Gasteiger charge is 2.38. The Kier molecular flexibility index (Phi) is 4.36. The molecule has 7 heteroatoms. The van der Waals surface area contributed by atoms with Crippen molar-refractivity contribution < 1.29 is 0 Å². The molecule has 0 radical (unpaired) electrons. The Hall–Kier alpha value is -2.31. The van der Waals surface area contributed by atoms with E-state index in [4.69, 9.17) is 10.8 Å². The van der Waals surface area contributed by atoms with Crippen molar-refractivity contribution in [2.24, 2.45) is 10.9 Å². The lowest BCUT2D eigenvalue weighted by Gasteiger charge is -2.46. The molecule has 0 bridgehead atoms. The minimum absolute atomic E-state index is 0.197. The Bertz CT molecular complexity index is 606. The molecule has 1 aromatic heterocycles. The third kappa shape index (κ3) is 2.60. The van der Waals surface area contributed by atoms with Crippen molar-refractivity contribution in [2.45, 2.75) is 51.1 Å². The standard InChI is InChI=1S/C16H25N7/c1-4-13-11(2)22(10-20-17)14-9-19-16(18-3)21-15(14)23(13)12-7-5-6-8-12/h9-10,12-13H,2,4-8,17H2,1,3H3,(H,18,19,21)/b20-10-/t13-/m1/s1. The van der Waals surface area contributed by atoms with Gasteiger partial charge in [-0.15, -0.1) is 0 Å². The number of hydrogen-bond acceptors (Lipinski definition) is 6. The van der Waals surface area contributed by atoms with Gasteiger partial charge in [-0.1, -0.05) is 26.3 Å².